The van der Waals surface area contributed by atoms with Crippen LogP contribution in [0, 0.1) is 5.41 Å². The van der Waals surface area contributed by atoms with E-state index in [2.05, 4.69) is 61.1 Å². The van der Waals surface area contributed by atoms with Crippen molar-refractivity contribution in [2.24, 2.45) is 5.41 Å². The van der Waals surface area contributed by atoms with Gasteiger partial charge in [-0.15, -0.1) is 0 Å². The number of benzene rings is 1. The summed E-state index contributed by atoms with van der Waals surface area (Å²) in [5.41, 5.74) is 2.90. The molecule has 2 rings (SSSR count). The molecule has 1 aliphatic heterocycles. The van der Waals surface area contributed by atoms with Gasteiger partial charge in [0.05, 0.1) is 6.61 Å². The van der Waals surface area contributed by atoms with Crippen molar-refractivity contribution in [3.05, 3.63) is 27.7 Å². The molecular formula is C16H24BrNO. The second kappa shape index (κ2) is 5.84. The van der Waals surface area contributed by atoms with Crippen molar-refractivity contribution in [3.63, 3.8) is 0 Å². The third-order valence-corrected chi connectivity index (χ3v) is 4.20. The predicted octanol–water partition coefficient (Wildman–Crippen LogP) is 3.95. The quantitative estimate of drug-likeness (QED) is 0.904. The summed E-state index contributed by atoms with van der Waals surface area (Å²) in [6, 6.07) is 4.85. The van der Waals surface area contributed by atoms with Crippen molar-refractivity contribution < 1.29 is 4.74 Å². The summed E-state index contributed by atoms with van der Waals surface area (Å²) in [7, 11) is 0. The fourth-order valence-corrected chi connectivity index (χ4v) is 3.20. The summed E-state index contributed by atoms with van der Waals surface area (Å²) >= 11 is 3.62. The largest absolute Gasteiger partial charge is 0.493 e. The van der Waals surface area contributed by atoms with Crippen LogP contribution in [0.4, 0.5) is 0 Å². The first-order chi connectivity index (χ1) is 8.91. The lowest BCUT2D eigenvalue weighted by Gasteiger charge is -2.32. The van der Waals surface area contributed by atoms with Gasteiger partial charge in [-0.1, -0.05) is 43.6 Å². The highest BCUT2D eigenvalue weighted by Crippen LogP contribution is 2.35. The molecule has 1 unspecified atom stereocenters. The highest BCUT2D eigenvalue weighted by molar-refractivity contribution is 9.10. The van der Waals surface area contributed by atoms with Crippen molar-refractivity contribution in [2.75, 3.05) is 13.2 Å². The lowest BCUT2D eigenvalue weighted by Crippen LogP contribution is -2.41. The molecule has 1 atom stereocenters. The highest BCUT2D eigenvalue weighted by atomic mass is 79.9. The van der Waals surface area contributed by atoms with Crippen LogP contribution in [0.2, 0.25) is 0 Å². The number of halogens is 1. The topological polar surface area (TPSA) is 21.3 Å². The molecule has 0 fully saturated rings. The van der Waals surface area contributed by atoms with Gasteiger partial charge in [0, 0.05) is 16.9 Å². The minimum Gasteiger partial charge on any atom is -0.493 e. The molecule has 0 saturated heterocycles. The van der Waals surface area contributed by atoms with Gasteiger partial charge in [0.1, 0.15) is 5.75 Å². The average molecular weight is 326 g/mol. The van der Waals surface area contributed by atoms with E-state index < -0.39 is 0 Å². The Morgan fingerprint density at radius 2 is 2.11 bits per heavy atom. The lowest BCUT2D eigenvalue weighted by atomic mass is 9.82. The van der Waals surface area contributed by atoms with Crippen LogP contribution in [-0.4, -0.2) is 19.2 Å². The molecule has 1 heterocycles. The SMILES string of the molecule is CCNC(Cc1cc(Br)cc2c1OCC2)C(C)(C)C. The van der Waals surface area contributed by atoms with E-state index in [1.807, 2.05) is 0 Å². The van der Waals surface area contributed by atoms with Crippen molar-refractivity contribution in [1.82, 2.24) is 5.32 Å². The average Bonchev–Trinajstić information content (AvgIpc) is 2.74. The fraction of sp³-hybridized carbons (Fsp3) is 0.625. The highest BCUT2D eigenvalue weighted by Gasteiger charge is 2.27. The van der Waals surface area contributed by atoms with Gasteiger partial charge in [-0.25, -0.2) is 0 Å². The molecule has 0 aromatic heterocycles. The maximum absolute atomic E-state index is 5.83. The lowest BCUT2D eigenvalue weighted by molar-refractivity contribution is 0.267. The Labute approximate surface area is 125 Å². The van der Waals surface area contributed by atoms with Gasteiger partial charge in [-0.2, -0.15) is 0 Å². The molecule has 1 aliphatic rings. The molecule has 1 aromatic carbocycles. The number of ether oxygens (including phenoxy) is 1. The maximum Gasteiger partial charge on any atom is 0.125 e. The van der Waals surface area contributed by atoms with E-state index in [1.54, 1.807) is 0 Å². The Bertz CT molecular complexity index is 451. The molecular weight excluding hydrogens is 302 g/mol. The zero-order valence-corrected chi connectivity index (χ0v) is 13.9. The van der Waals surface area contributed by atoms with Crippen molar-refractivity contribution in [1.29, 1.82) is 0 Å². The van der Waals surface area contributed by atoms with E-state index in [0.717, 1.165) is 36.2 Å². The molecule has 1 N–H and O–H groups in total. The van der Waals surface area contributed by atoms with Gasteiger partial charge in [-0.05, 0) is 41.6 Å². The Balaban J connectivity index is 2.27. The van der Waals surface area contributed by atoms with E-state index in [1.165, 1.54) is 11.1 Å². The molecule has 0 spiro atoms. The van der Waals surface area contributed by atoms with E-state index in [0.29, 0.717) is 6.04 Å². The molecule has 0 amide bonds. The number of hydrogen-bond acceptors (Lipinski definition) is 2. The standard InChI is InChI=1S/C16H24BrNO/c1-5-18-14(16(2,3)4)10-12-9-13(17)8-11-6-7-19-15(11)12/h8-9,14,18H,5-7,10H2,1-4H3. The summed E-state index contributed by atoms with van der Waals surface area (Å²) in [5.74, 6) is 1.12. The first-order valence-corrected chi connectivity index (χ1v) is 7.88. The van der Waals surface area contributed by atoms with Gasteiger partial charge in [-0.3, -0.25) is 0 Å². The summed E-state index contributed by atoms with van der Waals surface area (Å²) in [4.78, 5) is 0. The minimum absolute atomic E-state index is 0.240. The van der Waals surface area contributed by atoms with E-state index in [-0.39, 0.29) is 5.41 Å². The molecule has 0 aliphatic carbocycles. The summed E-state index contributed by atoms with van der Waals surface area (Å²) in [6.45, 7) is 10.9. The predicted molar refractivity (Wildman–Crippen MR) is 84.0 cm³/mol. The fourth-order valence-electron chi connectivity index (χ4n) is 2.65. The second-order valence-corrected chi connectivity index (χ2v) is 7.25. The number of likely N-dealkylation sites (N-methyl/N-ethyl adjacent to an activating group) is 1. The van der Waals surface area contributed by atoms with Crippen molar-refractivity contribution >= 4 is 15.9 Å². The molecule has 106 valence electrons. The van der Waals surface area contributed by atoms with Crippen LogP contribution >= 0.6 is 15.9 Å². The second-order valence-electron chi connectivity index (χ2n) is 6.33. The number of hydrogen-bond donors (Lipinski definition) is 1. The van der Waals surface area contributed by atoms with Gasteiger partial charge in [0.15, 0.2) is 0 Å². The van der Waals surface area contributed by atoms with Crippen LogP contribution in [-0.2, 0) is 12.8 Å². The van der Waals surface area contributed by atoms with Crippen LogP contribution in [0.15, 0.2) is 16.6 Å². The summed E-state index contributed by atoms with van der Waals surface area (Å²) in [6.07, 6.45) is 2.04. The molecule has 1 aromatic rings. The maximum atomic E-state index is 5.83. The smallest absolute Gasteiger partial charge is 0.125 e. The van der Waals surface area contributed by atoms with Crippen LogP contribution in [0.5, 0.6) is 5.75 Å². The monoisotopic (exact) mass is 325 g/mol. The minimum atomic E-state index is 0.240. The van der Waals surface area contributed by atoms with E-state index in [9.17, 15) is 0 Å². The van der Waals surface area contributed by atoms with Crippen LogP contribution in [0.3, 0.4) is 0 Å². The molecule has 3 heteroatoms. The van der Waals surface area contributed by atoms with Gasteiger partial charge in [0.25, 0.3) is 0 Å². The van der Waals surface area contributed by atoms with Crippen molar-refractivity contribution in [2.45, 2.75) is 46.6 Å². The van der Waals surface area contributed by atoms with Crippen LogP contribution in [0.25, 0.3) is 0 Å². The molecule has 19 heavy (non-hydrogen) atoms. The normalized spacial score (nSPS) is 16.1. The van der Waals surface area contributed by atoms with Crippen LogP contribution < -0.4 is 10.1 Å². The first-order valence-electron chi connectivity index (χ1n) is 7.09. The third kappa shape index (κ3) is 3.51. The van der Waals surface area contributed by atoms with Gasteiger partial charge < -0.3 is 10.1 Å². The van der Waals surface area contributed by atoms with Gasteiger partial charge >= 0.3 is 0 Å². The Morgan fingerprint density at radius 3 is 2.74 bits per heavy atom. The number of rotatable bonds is 4. The third-order valence-electron chi connectivity index (χ3n) is 3.75. The van der Waals surface area contributed by atoms with Crippen molar-refractivity contribution in [3.8, 4) is 5.75 Å². The number of nitrogens with one attached hydrogen (secondary N) is 1. The van der Waals surface area contributed by atoms with Crippen LogP contribution in [0.1, 0.15) is 38.8 Å². The summed E-state index contributed by atoms with van der Waals surface area (Å²) in [5, 5.41) is 3.61. The zero-order chi connectivity index (χ0) is 14.0. The molecule has 2 nitrogen and oxygen atoms in total. The van der Waals surface area contributed by atoms with E-state index in [4.69, 9.17) is 4.74 Å². The zero-order valence-electron chi connectivity index (χ0n) is 12.3. The Morgan fingerprint density at radius 1 is 1.37 bits per heavy atom. The van der Waals surface area contributed by atoms with E-state index >= 15 is 0 Å². The number of fused-ring (bicyclic) bond motifs is 1. The molecule has 0 radical (unpaired) electrons. The molecule has 0 bridgehead atoms. The summed E-state index contributed by atoms with van der Waals surface area (Å²) < 4.78 is 6.99. The Kier molecular flexibility index (Phi) is 4.57. The molecule has 0 saturated carbocycles. The first kappa shape index (κ1) is 14.9. The van der Waals surface area contributed by atoms with Gasteiger partial charge in [0.2, 0.25) is 0 Å². The Hall–Kier alpha value is -0.540.